The van der Waals surface area contributed by atoms with Crippen molar-refractivity contribution in [1.29, 1.82) is 0 Å². The highest BCUT2D eigenvalue weighted by Gasteiger charge is 2.18. The number of benzene rings is 1. The van der Waals surface area contributed by atoms with Gasteiger partial charge in [-0.2, -0.15) is 0 Å². The Kier molecular flexibility index (Phi) is 6.99. The number of nitrogens with zero attached hydrogens (tertiary/aromatic N) is 1. The number of carbonyl (C=O) groups excluding carboxylic acids is 1. The molecule has 1 atom stereocenters. The molecule has 0 saturated carbocycles. The molecule has 0 aliphatic carbocycles. The molecule has 0 spiro atoms. The van der Waals surface area contributed by atoms with Crippen LogP contribution in [0.5, 0.6) is 0 Å². The number of hydrogen-bond donors (Lipinski definition) is 2. The van der Waals surface area contributed by atoms with Crippen LogP contribution in [0.25, 0.3) is 0 Å². The van der Waals surface area contributed by atoms with Crippen LogP contribution in [0.1, 0.15) is 12.5 Å². The van der Waals surface area contributed by atoms with Gasteiger partial charge in [-0.3, -0.25) is 4.79 Å². The molecule has 0 fully saturated rings. The third kappa shape index (κ3) is 5.40. The van der Waals surface area contributed by atoms with Crippen molar-refractivity contribution in [2.24, 2.45) is 5.92 Å². The van der Waals surface area contributed by atoms with Crippen molar-refractivity contribution >= 4 is 15.9 Å². The first-order valence-electron chi connectivity index (χ1n) is 7.24. The van der Waals surface area contributed by atoms with E-state index in [1.807, 2.05) is 13.8 Å². The van der Waals surface area contributed by atoms with E-state index in [1.54, 1.807) is 43.3 Å². The summed E-state index contributed by atoms with van der Waals surface area (Å²) in [7, 11) is -0.0628. The van der Waals surface area contributed by atoms with Crippen molar-refractivity contribution in [3.8, 4) is 0 Å². The van der Waals surface area contributed by atoms with Crippen LogP contribution in [-0.2, 0) is 14.8 Å². The van der Waals surface area contributed by atoms with Gasteiger partial charge in [0.1, 0.15) is 0 Å². The number of hydrogen-bond acceptors (Lipinski definition) is 4. The molecule has 0 saturated heterocycles. The lowest BCUT2D eigenvalue weighted by atomic mass is 10.1. The van der Waals surface area contributed by atoms with Gasteiger partial charge in [0.25, 0.3) is 0 Å². The molecule has 0 bridgehead atoms. The Morgan fingerprint density at radius 2 is 1.86 bits per heavy atom. The van der Waals surface area contributed by atoms with Gasteiger partial charge in [-0.25, -0.2) is 13.1 Å². The van der Waals surface area contributed by atoms with Gasteiger partial charge >= 0.3 is 0 Å². The number of amides is 1. The van der Waals surface area contributed by atoms with Gasteiger partial charge in [0, 0.05) is 32.6 Å². The predicted octanol–water partition coefficient (Wildman–Crippen LogP) is 0.587. The summed E-state index contributed by atoms with van der Waals surface area (Å²) in [6.45, 7) is 4.85. The van der Waals surface area contributed by atoms with Crippen molar-refractivity contribution in [1.82, 2.24) is 14.9 Å². The van der Waals surface area contributed by atoms with Crippen LogP contribution in [-0.4, -0.2) is 53.0 Å². The van der Waals surface area contributed by atoms with E-state index in [-0.39, 0.29) is 23.3 Å². The van der Waals surface area contributed by atoms with Crippen molar-refractivity contribution in [3.05, 3.63) is 29.8 Å². The fourth-order valence-corrected chi connectivity index (χ4v) is 3.05. The molecule has 7 heteroatoms. The molecule has 2 N–H and O–H groups in total. The zero-order valence-electron chi connectivity index (χ0n) is 13.6. The van der Waals surface area contributed by atoms with Gasteiger partial charge in [-0.05, 0) is 26.1 Å². The lowest BCUT2D eigenvalue weighted by Crippen LogP contribution is -2.40. The monoisotopic (exact) mass is 327 g/mol. The van der Waals surface area contributed by atoms with Gasteiger partial charge < -0.3 is 10.2 Å². The van der Waals surface area contributed by atoms with Crippen molar-refractivity contribution in [3.63, 3.8) is 0 Å². The molecule has 1 rings (SSSR count). The standard InChI is InChI=1S/C15H25N3O3S/c1-12-5-7-14(8-6-12)22(20,21)17-9-10-18(4)15(19)13(2)11-16-3/h5-8,13,16-17H,9-11H2,1-4H3. The van der Waals surface area contributed by atoms with E-state index < -0.39 is 10.0 Å². The van der Waals surface area contributed by atoms with E-state index in [1.165, 1.54) is 0 Å². The molecule has 6 nitrogen and oxygen atoms in total. The SMILES string of the molecule is CNCC(C)C(=O)N(C)CCNS(=O)(=O)c1ccc(C)cc1. The van der Waals surface area contributed by atoms with Crippen LogP contribution in [0.3, 0.4) is 0 Å². The number of rotatable bonds is 8. The van der Waals surface area contributed by atoms with Crippen molar-refractivity contribution in [2.45, 2.75) is 18.7 Å². The van der Waals surface area contributed by atoms with Crippen LogP contribution in [0.2, 0.25) is 0 Å². The molecule has 0 aromatic heterocycles. The minimum absolute atomic E-state index is 0.0103. The molecule has 0 aliphatic heterocycles. The van der Waals surface area contributed by atoms with Crippen molar-refractivity contribution < 1.29 is 13.2 Å². The van der Waals surface area contributed by atoms with Gasteiger partial charge in [0.05, 0.1) is 4.90 Å². The second-order valence-corrected chi connectivity index (χ2v) is 7.20. The van der Waals surface area contributed by atoms with E-state index in [2.05, 4.69) is 10.0 Å². The second kappa shape index (κ2) is 8.26. The fourth-order valence-electron chi connectivity index (χ4n) is 2.03. The Morgan fingerprint density at radius 1 is 1.27 bits per heavy atom. The van der Waals surface area contributed by atoms with Gasteiger partial charge in [-0.15, -0.1) is 0 Å². The largest absolute Gasteiger partial charge is 0.344 e. The maximum atomic E-state index is 12.1. The maximum Gasteiger partial charge on any atom is 0.240 e. The lowest BCUT2D eigenvalue weighted by molar-refractivity contribution is -0.133. The average molecular weight is 327 g/mol. The smallest absolute Gasteiger partial charge is 0.240 e. The second-order valence-electron chi connectivity index (χ2n) is 5.43. The van der Waals surface area contributed by atoms with E-state index in [0.29, 0.717) is 13.1 Å². The minimum Gasteiger partial charge on any atom is -0.344 e. The molecule has 1 unspecified atom stereocenters. The molecule has 0 radical (unpaired) electrons. The molecule has 1 aromatic carbocycles. The first-order valence-corrected chi connectivity index (χ1v) is 8.72. The summed E-state index contributed by atoms with van der Waals surface area (Å²) in [5.74, 6) is -0.146. The molecule has 0 aliphatic rings. The fraction of sp³-hybridized carbons (Fsp3) is 0.533. The summed E-state index contributed by atoms with van der Waals surface area (Å²) in [5, 5.41) is 2.95. The highest BCUT2D eigenvalue weighted by Crippen LogP contribution is 2.09. The molecule has 124 valence electrons. The Bertz CT molecular complexity index is 585. The van der Waals surface area contributed by atoms with E-state index in [0.717, 1.165) is 5.56 Å². The van der Waals surface area contributed by atoms with Crippen LogP contribution >= 0.6 is 0 Å². The van der Waals surface area contributed by atoms with Crippen LogP contribution < -0.4 is 10.0 Å². The van der Waals surface area contributed by atoms with Crippen LogP contribution in [0, 0.1) is 12.8 Å². The third-order valence-electron chi connectivity index (χ3n) is 3.38. The van der Waals surface area contributed by atoms with Gasteiger partial charge in [0.15, 0.2) is 0 Å². The Morgan fingerprint density at radius 3 is 2.41 bits per heavy atom. The zero-order valence-corrected chi connectivity index (χ0v) is 14.4. The summed E-state index contributed by atoms with van der Waals surface area (Å²) in [5.41, 5.74) is 1.00. The summed E-state index contributed by atoms with van der Waals surface area (Å²) in [6, 6.07) is 6.65. The minimum atomic E-state index is -3.53. The number of carbonyl (C=O) groups is 1. The Hall–Kier alpha value is -1.44. The van der Waals surface area contributed by atoms with E-state index in [9.17, 15) is 13.2 Å². The van der Waals surface area contributed by atoms with Crippen LogP contribution in [0.15, 0.2) is 29.2 Å². The quantitative estimate of drug-likeness (QED) is 0.732. The van der Waals surface area contributed by atoms with E-state index >= 15 is 0 Å². The predicted molar refractivity (Wildman–Crippen MR) is 87.1 cm³/mol. The number of sulfonamides is 1. The van der Waals surface area contributed by atoms with Crippen molar-refractivity contribution in [2.75, 3.05) is 33.7 Å². The molecule has 1 aromatic rings. The molecule has 0 heterocycles. The summed E-state index contributed by atoms with van der Waals surface area (Å²) < 4.78 is 26.7. The molecule has 22 heavy (non-hydrogen) atoms. The summed E-state index contributed by atoms with van der Waals surface area (Å²) in [4.78, 5) is 13.8. The first-order chi connectivity index (χ1) is 10.3. The highest BCUT2D eigenvalue weighted by molar-refractivity contribution is 7.89. The highest BCUT2D eigenvalue weighted by atomic mass is 32.2. The molecular formula is C15H25N3O3S. The maximum absolute atomic E-state index is 12.1. The van der Waals surface area contributed by atoms with Gasteiger partial charge in [-0.1, -0.05) is 24.6 Å². The number of nitrogens with one attached hydrogen (secondary N) is 2. The average Bonchev–Trinajstić information content (AvgIpc) is 2.46. The number of likely N-dealkylation sites (N-methyl/N-ethyl adjacent to an activating group) is 1. The topological polar surface area (TPSA) is 78.5 Å². The Labute approximate surface area is 132 Å². The summed E-state index contributed by atoms with van der Waals surface area (Å²) >= 11 is 0. The summed E-state index contributed by atoms with van der Waals surface area (Å²) in [6.07, 6.45) is 0. The van der Waals surface area contributed by atoms with Gasteiger partial charge in [0.2, 0.25) is 15.9 Å². The normalized spacial score (nSPS) is 12.9. The Balaban J connectivity index is 2.52. The van der Waals surface area contributed by atoms with E-state index in [4.69, 9.17) is 0 Å². The third-order valence-corrected chi connectivity index (χ3v) is 4.86. The zero-order chi connectivity index (χ0) is 16.8. The lowest BCUT2D eigenvalue weighted by Gasteiger charge is -2.21. The first kappa shape index (κ1) is 18.6. The molecule has 1 amide bonds. The van der Waals surface area contributed by atoms with Crippen LogP contribution in [0.4, 0.5) is 0 Å². The molecular weight excluding hydrogens is 302 g/mol. The number of aryl methyl sites for hydroxylation is 1.